The molecule has 7 nitrogen and oxygen atoms in total. The van der Waals surface area contributed by atoms with E-state index in [1.165, 1.54) is 6.07 Å². The summed E-state index contributed by atoms with van der Waals surface area (Å²) in [7, 11) is -4.55. The molecule has 5 aliphatic rings. The van der Waals surface area contributed by atoms with Gasteiger partial charge in [-0.15, -0.1) is 0 Å². The van der Waals surface area contributed by atoms with Crippen LogP contribution < -0.4 is 0 Å². The Morgan fingerprint density at radius 1 is 1.26 bits per heavy atom. The standard InChI is InChI=1S/C22H26FN2O5P/c23-16-3-1-2-15-18-10-24-11-25(18)17(20(15)16)6-19(26)22-7-12-4-13(8-22)21(14(5-12)9-22)30-31(27,28)29/h1-3,10-14,17,19,21,26H,4-9H2,(H2,27,28,29). The van der Waals surface area contributed by atoms with Crippen LogP contribution in [-0.4, -0.2) is 36.7 Å². The molecular formula is C22H26FN2O5P. The van der Waals surface area contributed by atoms with E-state index < -0.39 is 20.0 Å². The fourth-order valence-corrected chi connectivity index (χ4v) is 8.13. The van der Waals surface area contributed by atoms with Crippen LogP contribution in [0.3, 0.4) is 0 Å². The Labute approximate surface area is 179 Å². The smallest absolute Gasteiger partial charge is 0.392 e. The summed E-state index contributed by atoms with van der Waals surface area (Å²) < 4.78 is 33.4. The molecule has 9 heteroatoms. The van der Waals surface area contributed by atoms with Crippen molar-refractivity contribution in [3.8, 4) is 11.3 Å². The van der Waals surface area contributed by atoms with Gasteiger partial charge < -0.3 is 19.5 Å². The van der Waals surface area contributed by atoms with E-state index in [-0.39, 0.29) is 29.1 Å². The molecule has 31 heavy (non-hydrogen) atoms. The summed E-state index contributed by atoms with van der Waals surface area (Å²) in [5.41, 5.74) is 2.01. The summed E-state index contributed by atoms with van der Waals surface area (Å²) in [5.74, 6) is 0.272. The highest BCUT2D eigenvalue weighted by atomic mass is 31.2. The number of aliphatic hydroxyl groups excluding tert-OH is 1. The lowest BCUT2D eigenvalue weighted by Gasteiger charge is -2.61. The van der Waals surface area contributed by atoms with E-state index in [1.807, 2.05) is 10.6 Å². The number of hydrogen-bond donors (Lipinski definition) is 3. The molecule has 1 aromatic heterocycles. The number of aromatic nitrogens is 2. The Hall–Kier alpha value is -1.57. The highest BCUT2D eigenvalue weighted by molar-refractivity contribution is 7.46. The first-order chi connectivity index (χ1) is 14.7. The van der Waals surface area contributed by atoms with Gasteiger partial charge in [0.2, 0.25) is 0 Å². The minimum absolute atomic E-state index is 0.0462. The third kappa shape index (κ3) is 3.07. The van der Waals surface area contributed by atoms with Crippen molar-refractivity contribution < 1.29 is 28.4 Å². The van der Waals surface area contributed by atoms with Gasteiger partial charge in [0.05, 0.1) is 36.5 Å². The lowest BCUT2D eigenvalue weighted by Crippen LogP contribution is -2.58. The largest absolute Gasteiger partial charge is 0.469 e. The van der Waals surface area contributed by atoms with Gasteiger partial charge in [0.15, 0.2) is 0 Å². The Balaban J connectivity index is 1.29. The van der Waals surface area contributed by atoms with E-state index in [1.54, 1.807) is 18.6 Å². The van der Waals surface area contributed by atoms with Gasteiger partial charge in [-0.1, -0.05) is 12.1 Å². The third-order valence-corrected chi connectivity index (χ3v) is 8.83. The number of benzene rings is 1. The monoisotopic (exact) mass is 448 g/mol. The zero-order valence-corrected chi connectivity index (χ0v) is 17.9. The maximum Gasteiger partial charge on any atom is 0.469 e. The van der Waals surface area contributed by atoms with Crippen molar-refractivity contribution in [3.63, 3.8) is 0 Å². The lowest BCUT2D eigenvalue weighted by atomic mass is 9.47. The number of hydrogen-bond acceptors (Lipinski definition) is 4. The second-order valence-electron chi connectivity index (χ2n) is 10.0. The maximum absolute atomic E-state index is 14.8. The number of phosphoric acid groups is 1. The van der Waals surface area contributed by atoms with Crippen LogP contribution in [0.1, 0.15) is 50.1 Å². The predicted molar refractivity (Wildman–Crippen MR) is 109 cm³/mol. The van der Waals surface area contributed by atoms with Crippen molar-refractivity contribution in [2.45, 2.75) is 56.8 Å². The summed E-state index contributed by atoms with van der Waals surface area (Å²) in [6.45, 7) is 0. The molecule has 7 rings (SSSR count). The van der Waals surface area contributed by atoms with Crippen LogP contribution in [0.4, 0.5) is 4.39 Å². The van der Waals surface area contributed by atoms with Crippen molar-refractivity contribution >= 4 is 7.82 Å². The maximum atomic E-state index is 14.8. The molecule has 1 aromatic carbocycles. The minimum Gasteiger partial charge on any atom is -0.392 e. The number of aliphatic hydroxyl groups is 1. The average molecular weight is 448 g/mol. The molecule has 2 heterocycles. The second-order valence-corrected chi connectivity index (χ2v) is 11.2. The summed E-state index contributed by atoms with van der Waals surface area (Å²) >= 11 is 0. The lowest BCUT2D eigenvalue weighted by molar-refractivity contribution is -0.170. The molecule has 0 amide bonds. The van der Waals surface area contributed by atoms with Crippen molar-refractivity contribution in [1.29, 1.82) is 0 Å². The Kier molecular flexibility index (Phi) is 4.35. The second kappa shape index (κ2) is 6.72. The fourth-order valence-electron chi connectivity index (χ4n) is 7.47. The van der Waals surface area contributed by atoms with Crippen LogP contribution >= 0.6 is 7.82 Å². The third-order valence-electron chi connectivity index (χ3n) is 8.31. The molecule has 2 aromatic rings. The van der Waals surface area contributed by atoms with Crippen molar-refractivity contribution in [3.05, 3.63) is 42.1 Å². The van der Waals surface area contributed by atoms with Crippen molar-refractivity contribution in [2.75, 3.05) is 0 Å². The predicted octanol–water partition coefficient (Wildman–Crippen LogP) is 3.65. The molecule has 3 N–H and O–H groups in total. The highest BCUT2D eigenvalue weighted by Crippen LogP contribution is 2.64. The van der Waals surface area contributed by atoms with Crippen molar-refractivity contribution in [2.24, 2.45) is 23.2 Å². The highest BCUT2D eigenvalue weighted by Gasteiger charge is 2.59. The van der Waals surface area contributed by atoms with Gasteiger partial charge >= 0.3 is 7.82 Å². The van der Waals surface area contributed by atoms with Crippen LogP contribution in [0.15, 0.2) is 30.7 Å². The summed E-state index contributed by atoms with van der Waals surface area (Å²) in [6.07, 6.45) is 6.84. The zero-order chi connectivity index (χ0) is 21.5. The Morgan fingerprint density at radius 3 is 2.71 bits per heavy atom. The van der Waals surface area contributed by atoms with E-state index in [2.05, 4.69) is 4.98 Å². The van der Waals surface area contributed by atoms with Crippen LogP contribution in [0, 0.1) is 29.0 Å². The van der Waals surface area contributed by atoms with E-state index in [0.29, 0.717) is 30.7 Å². The molecule has 0 radical (unpaired) electrons. The number of nitrogens with zero attached hydrogens (tertiary/aromatic N) is 2. The Morgan fingerprint density at radius 2 is 2.00 bits per heavy atom. The van der Waals surface area contributed by atoms with Gasteiger partial charge in [0.25, 0.3) is 0 Å². The van der Waals surface area contributed by atoms with Gasteiger partial charge in [-0.3, -0.25) is 4.52 Å². The van der Waals surface area contributed by atoms with E-state index in [9.17, 15) is 23.8 Å². The minimum atomic E-state index is -4.55. The van der Waals surface area contributed by atoms with Gasteiger partial charge in [0.1, 0.15) is 5.82 Å². The number of phosphoric ester groups is 1. The van der Waals surface area contributed by atoms with Gasteiger partial charge in [-0.05, 0) is 67.8 Å². The van der Waals surface area contributed by atoms with E-state index >= 15 is 0 Å². The molecule has 4 unspecified atom stereocenters. The van der Waals surface area contributed by atoms with Crippen LogP contribution in [0.2, 0.25) is 0 Å². The normalized spacial score (nSPS) is 36.5. The molecule has 0 saturated heterocycles. The van der Waals surface area contributed by atoms with Gasteiger partial charge in [-0.25, -0.2) is 13.9 Å². The summed E-state index contributed by atoms with van der Waals surface area (Å²) in [4.78, 5) is 22.9. The molecule has 4 bridgehead atoms. The van der Waals surface area contributed by atoms with Gasteiger partial charge in [-0.2, -0.15) is 0 Å². The molecule has 0 spiro atoms. The van der Waals surface area contributed by atoms with Crippen LogP contribution in [0.5, 0.6) is 0 Å². The molecule has 166 valence electrons. The zero-order valence-electron chi connectivity index (χ0n) is 17.0. The van der Waals surface area contributed by atoms with Crippen LogP contribution in [-0.2, 0) is 9.09 Å². The number of fused-ring (bicyclic) bond motifs is 3. The van der Waals surface area contributed by atoms with Crippen molar-refractivity contribution in [1.82, 2.24) is 9.55 Å². The molecular weight excluding hydrogens is 422 g/mol. The van der Waals surface area contributed by atoms with Gasteiger partial charge in [0, 0.05) is 11.1 Å². The fraction of sp³-hybridized carbons (Fsp3) is 0.591. The first-order valence-electron chi connectivity index (χ1n) is 11.0. The number of rotatable bonds is 5. The summed E-state index contributed by atoms with van der Waals surface area (Å²) in [5, 5.41) is 11.5. The molecule has 1 aliphatic heterocycles. The van der Waals surface area contributed by atoms with E-state index in [4.69, 9.17) is 4.52 Å². The first kappa shape index (κ1) is 20.1. The van der Waals surface area contributed by atoms with E-state index in [0.717, 1.165) is 30.5 Å². The topological polar surface area (TPSA) is 105 Å². The molecule has 4 atom stereocenters. The quantitative estimate of drug-likeness (QED) is 0.604. The number of imidazole rings is 1. The molecule has 4 saturated carbocycles. The van der Waals surface area contributed by atoms with Crippen LogP contribution in [0.25, 0.3) is 11.3 Å². The molecule has 4 aliphatic carbocycles. The Bertz CT molecular complexity index is 1070. The number of halogens is 1. The average Bonchev–Trinajstić information content (AvgIpc) is 3.27. The SMILES string of the molecule is O=P(O)(O)OC1C2CC3CC1CC(C(O)CC1c4c(F)cccc4-c4cncn41)(C3)C2. The summed E-state index contributed by atoms with van der Waals surface area (Å²) in [6, 6.07) is 4.75. The molecule has 4 fully saturated rings. The first-order valence-corrected chi connectivity index (χ1v) is 12.5.